The highest BCUT2D eigenvalue weighted by molar-refractivity contribution is 7.91. The number of sulfone groups is 1. The lowest BCUT2D eigenvalue weighted by Crippen LogP contribution is -2.11. The predicted molar refractivity (Wildman–Crippen MR) is 74.1 cm³/mol. The maximum atomic E-state index is 12.3. The smallest absolute Gasteiger partial charge is 0.341 e. The second kappa shape index (κ2) is 6.02. The molecule has 4 nitrogen and oxygen atoms in total. The quantitative estimate of drug-likeness (QED) is 0.907. The Morgan fingerprint density at radius 2 is 1.95 bits per heavy atom. The summed E-state index contributed by atoms with van der Waals surface area (Å²) in [7, 11) is -4.55. The Bertz CT molecular complexity index is 687. The van der Waals surface area contributed by atoms with E-state index in [9.17, 15) is 17.2 Å². The van der Waals surface area contributed by atoms with Crippen molar-refractivity contribution in [3.63, 3.8) is 0 Å². The molecule has 0 aliphatic carbocycles. The number of nitrogens with one attached hydrogen (secondary N) is 1. The molecular weight excluding hydrogens is 330 g/mol. The molecule has 0 saturated carbocycles. The van der Waals surface area contributed by atoms with Gasteiger partial charge in [0, 0.05) is 5.69 Å². The summed E-state index contributed by atoms with van der Waals surface area (Å²) in [6.45, 7) is 0.415. The minimum Gasteiger partial charge on any atom is -0.379 e. The Kier molecular flexibility index (Phi) is 4.56. The van der Waals surface area contributed by atoms with Crippen molar-refractivity contribution in [1.82, 2.24) is 4.98 Å². The Morgan fingerprint density at radius 3 is 2.45 bits per heavy atom. The summed E-state index contributed by atoms with van der Waals surface area (Å²) in [4.78, 5) is 3.63. The number of aromatic nitrogens is 1. The van der Waals surface area contributed by atoms with Crippen LogP contribution in [-0.2, 0) is 16.4 Å². The first-order valence-corrected chi connectivity index (χ1v) is 8.10. The monoisotopic (exact) mass is 338 g/mol. The van der Waals surface area contributed by atoms with E-state index in [1.54, 1.807) is 0 Å². The zero-order chi connectivity index (χ0) is 14.8. The van der Waals surface area contributed by atoms with Crippen LogP contribution < -0.4 is 5.32 Å². The molecule has 1 heterocycles. The summed E-state index contributed by atoms with van der Waals surface area (Å²) >= 11 is 7.05. The second-order valence-electron chi connectivity index (χ2n) is 3.74. The van der Waals surface area contributed by atoms with Gasteiger partial charge < -0.3 is 5.32 Å². The molecule has 108 valence electrons. The summed E-state index contributed by atoms with van der Waals surface area (Å²) in [5.74, 6) is -3.42. The van der Waals surface area contributed by atoms with Crippen LogP contribution in [0.25, 0.3) is 0 Å². The van der Waals surface area contributed by atoms with E-state index in [1.165, 1.54) is 29.7 Å². The van der Waals surface area contributed by atoms with Crippen molar-refractivity contribution in [1.29, 1.82) is 0 Å². The van der Waals surface area contributed by atoms with Crippen molar-refractivity contribution in [2.75, 3.05) is 5.32 Å². The number of benzene rings is 1. The van der Waals surface area contributed by atoms with Crippen molar-refractivity contribution >= 4 is 38.5 Å². The van der Waals surface area contributed by atoms with Crippen LogP contribution in [0.5, 0.6) is 0 Å². The van der Waals surface area contributed by atoms with Gasteiger partial charge in [-0.25, -0.2) is 13.4 Å². The molecule has 9 heteroatoms. The van der Waals surface area contributed by atoms with E-state index >= 15 is 0 Å². The first-order chi connectivity index (χ1) is 9.39. The van der Waals surface area contributed by atoms with Gasteiger partial charge >= 0.3 is 5.76 Å². The number of hydrogen-bond acceptors (Lipinski definition) is 5. The molecule has 0 unspecified atom stereocenters. The van der Waals surface area contributed by atoms with Crippen molar-refractivity contribution in [2.24, 2.45) is 0 Å². The molecule has 1 N–H and O–H groups in total. The first kappa shape index (κ1) is 15.1. The molecule has 0 amide bonds. The molecule has 0 bridgehead atoms. The molecule has 0 atom stereocenters. The molecule has 2 aromatic rings. The number of halogens is 3. The van der Waals surface area contributed by atoms with Gasteiger partial charge in [0.25, 0.3) is 0 Å². The predicted octanol–water partition coefficient (Wildman–Crippen LogP) is 3.40. The van der Waals surface area contributed by atoms with E-state index in [-0.39, 0.29) is 0 Å². The maximum absolute atomic E-state index is 12.3. The third-order valence-corrected chi connectivity index (χ3v) is 4.90. The molecule has 1 aromatic heterocycles. The fourth-order valence-corrected chi connectivity index (χ4v) is 3.03. The number of alkyl halides is 2. The minimum atomic E-state index is -4.55. The molecule has 0 saturated heterocycles. The fourth-order valence-electron chi connectivity index (χ4n) is 1.41. The van der Waals surface area contributed by atoms with Gasteiger partial charge in [-0.2, -0.15) is 8.78 Å². The van der Waals surface area contributed by atoms with Crippen LogP contribution in [0.3, 0.4) is 0 Å². The lowest BCUT2D eigenvalue weighted by molar-refractivity contribution is 0.234. The van der Waals surface area contributed by atoms with Crippen LogP contribution in [0, 0.1) is 0 Å². The van der Waals surface area contributed by atoms with Crippen LogP contribution in [0.2, 0.25) is 4.34 Å². The molecule has 0 aliphatic rings. The third-order valence-electron chi connectivity index (χ3n) is 2.39. The average Bonchev–Trinajstić information content (AvgIpc) is 2.82. The number of anilines is 1. The van der Waals surface area contributed by atoms with Gasteiger partial charge in [0.15, 0.2) is 0 Å². The van der Waals surface area contributed by atoms with E-state index < -0.39 is 20.5 Å². The van der Waals surface area contributed by atoms with Gasteiger partial charge in [-0.05, 0) is 24.3 Å². The number of nitrogens with zero attached hydrogens (tertiary/aromatic N) is 1. The molecule has 1 aromatic carbocycles. The van der Waals surface area contributed by atoms with E-state index in [0.717, 1.165) is 17.1 Å². The normalized spacial score (nSPS) is 11.8. The molecular formula is C11H9ClF2N2O2S2. The lowest BCUT2D eigenvalue weighted by atomic mass is 10.3. The van der Waals surface area contributed by atoms with E-state index in [2.05, 4.69) is 10.3 Å². The highest BCUT2D eigenvalue weighted by atomic mass is 35.5. The fraction of sp³-hybridized carbons (Fsp3) is 0.182. The Balaban J connectivity index is 2.05. The maximum Gasteiger partial charge on any atom is 0.341 e. The lowest BCUT2D eigenvalue weighted by Gasteiger charge is -2.06. The van der Waals surface area contributed by atoms with Crippen LogP contribution >= 0.6 is 22.9 Å². The largest absolute Gasteiger partial charge is 0.379 e. The third kappa shape index (κ3) is 3.44. The van der Waals surface area contributed by atoms with Crippen LogP contribution in [0.1, 0.15) is 5.01 Å². The second-order valence-corrected chi connectivity index (χ2v) is 7.41. The summed E-state index contributed by atoms with van der Waals surface area (Å²) < 4.78 is 47.7. The molecule has 2 rings (SSSR count). The van der Waals surface area contributed by atoms with Crippen molar-refractivity contribution in [2.45, 2.75) is 17.2 Å². The van der Waals surface area contributed by atoms with Gasteiger partial charge in [-0.1, -0.05) is 11.6 Å². The van der Waals surface area contributed by atoms with Crippen molar-refractivity contribution in [3.8, 4) is 0 Å². The van der Waals surface area contributed by atoms with E-state index in [4.69, 9.17) is 11.6 Å². The van der Waals surface area contributed by atoms with E-state index in [1.807, 2.05) is 0 Å². The molecule has 0 fully saturated rings. The molecule has 0 aliphatic heterocycles. The Hall–Kier alpha value is -1.25. The van der Waals surface area contributed by atoms with Crippen molar-refractivity contribution in [3.05, 3.63) is 39.8 Å². The molecule has 0 spiro atoms. The zero-order valence-electron chi connectivity index (χ0n) is 9.89. The molecule has 20 heavy (non-hydrogen) atoms. The standard InChI is InChI=1S/C11H9ClF2N2O2S2/c12-9-5-16-10(19-9)6-15-7-1-3-8(4-2-7)20(17,18)11(13)14/h1-5,11,15H,6H2. The van der Waals surface area contributed by atoms with Crippen LogP contribution in [-0.4, -0.2) is 19.2 Å². The van der Waals surface area contributed by atoms with Crippen LogP contribution in [0.15, 0.2) is 35.4 Å². The number of hydrogen-bond donors (Lipinski definition) is 1. The van der Waals surface area contributed by atoms with Gasteiger partial charge in [0.2, 0.25) is 9.84 Å². The zero-order valence-corrected chi connectivity index (χ0v) is 12.3. The summed E-state index contributed by atoms with van der Waals surface area (Å²) in [5.41, 5.74) is 0.601. The van der Waals surface area contributed by atoms with Gasteiger partial charge in [-0.3, -0.25) is 0 Å². The highest BCUT2D eigenvalue weighted by Crippen LogP contribution is 2.22. The minimum absolute atomic E-state index is 0.407. The summed E-state index contributed by atoms with van der Waals surface area (Å²) in [6, 6.07) is 5.12. The topological polar surface area (TPSA) is 59.1 Å². The highest BCUT2D eigenvalue weighted by Gasteiger charge is 2.26. The van der Waals surface area contributed by atoms with Gasteiger partial charge in [-0.15, -0.1) is 11.3 Å². The first-order valence-electron chi connectivity index (χ1n) is 5.36. The Labute approximate surface area is 123 Å². The van der Waals surface area contributed by atoms with E-state index in [0.29, 0.717) is 16.6 Å². The van der Waals surface area contributed by atoms with Crippen molar-refractivity contribution < 1.29 is 17.2 Å². The molecule has 0 radical (unpaired) electrons. The van der Waals surface area contributed by atoms with Gasteiger partial charge in [0.1, 0.15) is 9.34 Å². The SMILES string of the molecule is O=S(=O)(c1ccc(NCc2ncc(Cl)s2)cc1)C(F)F. The Morgan fingerprint density at radius 1 is 1.30 bits per heavy atom. The summed E-state index contributed by atoms with van der Waals surface area (Å²) in [6.07, 6.45) is 1.53. The average molecular weight is 339 g/mol. The van der Waals surface area contributed by atoms with Gasteiger partial charge in [0.05, 0.1) is 17.6 Å². The summed E-state index contributed by atoms with van der Waals surface area (Å²) in [5, 5.41) is 3.75. The van der Waals surface area contributed by atoms with Crippen LogP contribution in [0.4, 0.5) is 14.5 Å². The number of rotatable bonds is 5. The number of thiazole rings is 1.